The minimum Gasteiger partial charge on any atom is -0.367 e. The fraction of sp³-hybridized carbons (Fsp3) is 0.0769. The molecule has 30 heavy (non-hydrogen) atoms. The van der Waals surface area contributed by atoms with Gasteiger partial charge in [0.25, 0.3) is 0 Å². The van der Waals surface area contributed by atoms with E-state index in [2.05, 4.69) is 5.32 Å². The molecule has 1 aliphatic rings. The van der Waals surface area contributed by atoms with Crippen molar-refractivity contribution in [1.82, 2.24) is 0 Å². The second-order valence-electron chi connectivity index (χ2n) is 7.61. The molecule has 4 aromatic carbocycles. The zero-order valence-electron chi connectivity index (χ0n) is 16.5. The lowest BCUT2D eigenvalue weighted by Crippen LogP contribution is -2.38. The Hall–Kier alpha value is -3.37. The van der Waals surface area contributed by atoms with Gasteiger partial charge in [-0.1, -0.05) is 90.5 Å². The van der Waals surface area contributed by atoms with Crippen molar-refractivity contribution in [2.75, 3.05) is 5.32 Å². The van der Waals surface area contributed by atoms with E-state index in [0.29, 0.717) is 15.5 Å². The number of aryl methyl sites for hydroxylation is 1. The van der Waals surface area contributed by atoms with Gasteiger partial charge >= 0.3 is 0 Å². The summed E-state index contributed by atoms with van der Waals surface area (Å²) in [6.07, 6.45) is 0. The molecule has 4 aromatic rings. The van der Waals surface area contributed by atoms with E-state index in [9.17, 15) is 8.42 Å². The molecular weight excluding hydrogens is 390 g/mol. The SMILES string of the molecule is Cc1ccc2c(c1)C(c1ccccc1)(c1ccccc1)Nc1ccccc1S2(=O)=O. The molecule has 0 aromatic heterocycles. The van der Waals surface area contributed by atoms with Gasteiger partial charge in [-0.05, 0) is 36.2 Å². The molecule has 4 heteroatoms. The summed E-state index contributed by atoms with van der Waals surface area (Å²) in [5.41, 5.74) is 3.44. The standard InChI is InChI=1S/C26H21NO2S/c1-19-16-17-24-22(18-19)26(20-10-4-2-5-11-20,21-12-6-3-7-13-21)27-23-14-8-9-15-25(23)30(24,28)29/h2-18,27H,1H3. The summed E-state index contributed by atoms with van der Waals surface area (Å²) in [6, 6.07) is 32.8. The Labute approximate surface area is 177 Å². The molecule has 0 fully saturated rings. The van der Waals surface area contributed by atoms with Crippen LogP contribution < -0.4 is 5.32 Å². The van der Waals surface area contributed by atoms with Gasteiger partial charge in [0.15, 0.2) is 0 Å². The summed E-state index contributed by atoms with van der Waals surface area (Å²) in [5.74, 6) is 0. The predicted molar refractivity (Wildman–Crippen MR) is 119 cm³/mol. The van der Waals surface area contributed by atoms with Crippen molar-refractivity contribution in [3.8, 4) is 0 Å². The highest BCUT2D eigenvalue weighted by atomic mass is 32.2. The van der Waals surface area contributed by atoms with Crippen molar-refractivity contribution in [2.24, 2.45) is 0 Å². The van der Waals surface area contributed by atoms with Gasteiger partial charge in [0.1, 0.15) is 5.54 Å². The first-order valence-corrected chi connectivity index (χ1v) is 11.4. The van der Waals surface area contributed by atoms with Crippen LogP contribution in [0.4, 0.5) is 5.69 Å². The Morgan fingerprint density at radius 2 is 1.23 bits per heavy atom. The number of nitrogens with one attached hydrogen (secondary N) is 1. The van der Waals surface area contributed by atoms with E-state index < -0.39 is 15.4 Å². The van der Waals surface area contributed by atoms with Gasteiger partial charge in [0, 0.05) is 5.56 Å². The normalized spacial score (nSPS) is 15.9. The lowest BCUT2D eigenvalue weighted by molar-refractivity contribution is 0.594. The van der Waals surface area contributed by atoms with Gasteiger partial charge < -0.3 is 5.32 Å². The monoisotopic (exact) mass is 411 g/mol. The molecule has 0 radical (unpaired) electrons. The number of anilines is 1. The van der Waals surface area contributed by atoms with Crippen molar-refractivity contribution in [2.45, 2.75) is 22.3 Å². The number of rotatable bonds is 2. The Morgan fingerprint density at radius 3 is 1.87 bits per heavy atom. The van der Waals surface area contributed by atoms with Crippen LogP contribution in [0.15, 0.2) is 113 Å². The fourth-order valence-corrected chi connectivity index (χ4v) is 6.01. The van der Waals surface area contributed by atoms with Crippen LogP contribution in [0.1, 0.15) is 22.3 Å². The third-order valence-corrected chi connectivity index (χ3v) is 7.61. The van der Waals surface area contributed by atoms with E-state index in [1.807, 2.05) is 91.9 Å². The lowest BCUT2D eigenvalue weighted by Gasteiger charge is -2.37. The van der Waals surface area contributed by atoms with Crippen LogP contribution in [0.2, 0.25) is 0 Å². The van der Waals surface area contributed by atoms with Gasteiger partial charge in [-0.3, -0.25) is 0 Å². The van der Waals surface area contributed by atoms with Crippen LogP contribution in [0.5, 0.6) is 0 Å². The van der Waals surface area contributed by atoms with E-state index in [0.717, 1.165) is 22.3 Å². The third kappa shape index (κ3) is 2.68. The summed E-state index contributed by atoms with van der Waals surface area (Å²) in [6.45, 7) is 1.99. The van der Waals surface area contributed by atoms with Crippen molar-refractivity contribution in [1.29, 1.82) is 0 Å². The number of hydrogen-bond acceptors (Lipinski definition) is 3. The maximum atomic E-state index is 13.7. The average molecular weight is 412 g/mol. The van der Waals surface area contributed by atoms with Crippen LogP contribution in [-0.4, -0.2) is 8.42 Å². The van der Waals surface area contributed by atoms with Crippen LogP contribution in [0.25, 0.3) is 0 Å². The molecule has 0 spiro atoms. The average Bonchev–Trinajstić information content (AvgIpc) is 2.86. The van der Waals surface area contributed by atoms with Gasteiger partial charge in [-0.2, -0.15) is 0 Å². The summed E-state index contributed by atoms with van der Waals surface area (Å²) in [5, 5.41) is 3.67. The molecule has 1 N–H and O–H groups in total. The van der Waals surface area contributed by atoms with Crippen molar-refractivity contribution >= 4 is 15.5 Å². The Morgan fingerprint density at radius 1 is 0.667 bits per heavy atom. The summed E-state index contributed by atoms with van der Waals surface area (Å²) in [7, 11) is -3.70. The number of benzene rings is 4. The maximum absolute atomic E-state index is 13.7. The largest absolute Gasteiger partial charge is 0.367 e. The van der Waals surface area contributed by atoms with E-state index >= 15 is 0 Å². The van der Waals surface area contributed by atoms with Crippen LogP contribution >= 0.6 is 0 Å². The van der Waals surface area contributed by atoms with E-state index in [1.165, 1.54) is 0 Å². The molecule has 0 amide bonds. The van der Waals surface area contributed by atoms with E-state index in [-0.39, 0.29) is 0 Å². The second-order valence-corrected chi connectivity index (χ2v) is 9.49. The molecule has 0 saturated carbocycles. The Kier molecular flexibility index (Phi) is 4.26. The third-order valence-electron chi connectivity index (χ3n) is 5.74. The zero-order valence-corrected chi connectivity index (χ0v) is 17.4. The molecule has 0 unspecified atom stereocenters. The van der Waals surface area contributed by atoms with E-state index in [1.54, 1.807) is 18.2 Å². The molecule has 3 nitrogen and oxygen atoms in total. The molecule has 5 rings (SSSR count). The zero-order chi connectivity index (χ0) is 20.8. The topological polar surface area (TPSA) is 46.2 Å². The number of sulfone groups is 1. The van der Waals surface area contributed by atoms with Gasteiger partial charge in [0.05, 0.1) is 15.5 Å². The number of fused-ring (bicyclic) bond motifs is 2. The van der Waals surface area contributed by atoms with Crippen LogP contribution in [0, 0.1) is 6.92 Å². The van der Waals surface area contributed by atoms with Crippen molar-refractivity contribution < 1.29 is 8.42 Å². The Balaban J connectivity index is 2.00. The molecule has 148 valence electrons. The van der Waals surface area contributed by atoms with Gasteiger partial charge in [-0.25, -0.2) is 8.42 Å². The molecule has 0 bridgehead atoms. The molecule has 0 atom stereocenters. The van der Waals surface area contributed by atoms with Crippen LogP contribution in [0.3, 0.4) is 0 Å². The quantitative estimate of drug-likeness (QED) is 0.471. The van der Waals surface area contributed by atoms with Crippen LogP contribution in [-0.2, 0) is 15.4 Å². The van der Waals surface area contributed by atoms with Gasteiger partial charge in [-0.15, -0.1) is 0 Å². The number of para-hydroxylation sites is 1. The van der Waals surface area contributed by atoms with Crippen molar-refractivity contribution in [3.05, 3.63) is 125 Å². The highest BCUT2D eigenvalue weighted by Gasteiger charge is 2.44. The second kappa shape index (κ2) is 6.85. The minimum absolute atomic E-state index is 0.295. The first-order valence-electron chi connectivity index (χ1n) is 9.88. The first-order chi connectivity index (χ1) is 14.5. The summed E-state index contributed by atoms with van der Waals surface area (Å²) < 4.78 is 27.5. The van der Waals surface area contributed by atoms with Crippen molar-refractivity contribution in [3.63, 3.8) is 0 Å². The first kappa shape index (κ1) is 18.6. The molecule has 1 heterocycles. The molecule has 0 saturated heterocycles. The smallest absolute Gasteiger partial charge is 0.209 e. The fourth-order valence-electron chi connectivity index (χ4n) is 4.36. The highest BCUT2D eigenvalue weighted by molar-refractivity contribution is 7.91. The summed E-state index contributed by atoms with van der Waals surface area (Å²) in [4.78, 5) is 0.627. The highest BCUT2D eigenvalue weighted by Crippen LogP contribution is 2.47. The summed E-state index contributed by atoms with van der Waals surface area (Å²) >= 11 is 0. The van der Waals surface area contributed by atoms with E-state index in [4.69, 9.17) is 0 Å². The molecular formula is C26H21NO2S. The Bertz CT molecular complexity index is 1290. The number of hydrogen-bond donors (Lipinski definition) is 1. The minimum atomic E-state index is -3.70. The molecule has 1 aliphatic heterocycles. The maximum Gasteiger partial charge on any atom is 0.209 e. The molecule has 0 aliphatic carbocycles. The van der Waals surface area contributed by atoms with Gasteiger partial charge in [0.2, 0.25) is 9.84 Å². The predicted octanol–water partition coefficient (Wildman–Crippen LogP) is 5.55. The lowest BCUT2D eigenvalue weighted by atomic mass is 9.76.